The molecule has 0 saturated heterocycles. The summed E-state index contributed by atoms with van der Waals surface area (Å²) in [6.45, 7) is 23.1. The second-order valence-electron chi connectivity index (χ2n) is 9.04. The second-order valence-corrected chi connectivity index (χ2v) is 18.7. The third kappa shape index (κ3) is 6.34. The van der Waals surface area contributed by atoms with Crippen LogP contribution in [0.5, 0.6) is 0 Å². The third-order valence-electron chi connectivity index (χ3n) is 5.12. The van der Waals surface area contributed by atoms with Gasteiger partial charge in [-0.25, -0.2) is 0 Å². The largest absolute Gasteiger partial charge is 0.416 e. The van der Waals surface area contributed by atoms with Crippen LogP contribution in [-0.2, 0) is 13.6 Å². The summed E-state index contributed by atoms with van der Waals surface area (Å²) in [4.78, 5) is 11.3. The summed E-state index contributed by atoms with van der Waals surface area (Å²) < 4.78 is 12.3. The van der Waals surface area contributed by atoms with E-state index in [9.17, 15) is 4.79 Å². The van der Waals surface area contributed by atoms with Gasteiger partial charge in [0.2, 0.25) is 0 Å². The van der Waals surface area contributed by atoms with Crippen molar-refractivity contribution < 1.29 is 13.6 Å². The molecule has 126 valence electrons. The molecule has 0 aliphatic heterocycles. The van der Waals surface area contributed by atoms with Crippen LogP contribution in [-0.4, -0.2) is 36.1 Å². The molecule has 5 heteroatoms. The van der Waals surface area contributed by atoms with E-state index >= 15 is 0 Å². The summed E-state index contributed by atoms with van der Waals surface area (Å²) in [7, 11) is -3.60. The molecule has 0 fully saturated rings. The van der Waals surface area contributed by atoms with Crippen LogP contribution >= 0.6 is 0 Å². The first-order chi connectivity index (χ1) is 9.14. The lowest BCUT2D eigenvalue weighted by atomic mass is 10.2. The minimum atomic E-state index is -1.80. The van der Waals surface area contributed by atoms with Crippen molar-refractivity contribution in [3.8, 4) is 0 Å². The van der Waals surface area contributed by atoms with Gasteiger partial charge in [0.25, 0.3) is 0 Å². The lowest BCUT2D eigenvalue weighted by Crippen LogP contribution is -2.44. The molecule has 0 rings (SSSR count). The molecular weight excluding hydrogens is 296 g/mol. The van der Waals surface area contributed by atoms with Crippen LogP contribution in [0.15, 0.2) is 0 Å². The minimum Gasteiger partial charge on any atom is -0.416 e. The molecule has 0 saturated carbocycles. The second kappa shape index (κ2) is 7.07. The molecule has 0 radical (unpaired) electrons. The molecule has 0 aromatic rings. The summed E-state index contributed by atoms with van der Waals surface area (Å²) in [5.74, 6) is -0.159. The fourth-order valence-corrected chi connectivity index (χ4v) is 3.32. The molecule has 0 bridgehead atoms. The van der Waals surface area contributed by atoms with Gasteiger partial charge in [0.15, 0.2) is 16.6 Å². The van der Waals surface area contributed by atoms with E-state index in [1.165, 1.54) is 0 Å². The molecule has 0 aliphatic carbocycles. The standard InChI is InChI=1S/C16H36O3Si2/c1-15(2,3)20(7,8)18-12-14(11-17)13-19-21(9,10)16(4,5)6/h11,14H,12-13H2,1-10H3. The Bertz CT molecular complexity index is 308. The maximum atomic E-state index is 11.3. The first kappa shape index (κ1) is 21.0. The van der Waals surface area contributed by atoms with Gasteiger partial charge in [-0.1, -0.05) is 41.5 Å². The zero-order chi connectivity index (χ0) is 17.1. The van der Waals surface area contributed by atoms with Crippen LogP contribution in [0, 0.1) is 5.92 Å². The SMILES string of the molecule is CC(C)(C)[Si](C)(C)OCC(C=O)CO[Si](C)(C)C(C)(C)C. The quantitative estimate of drug-likeness (QED) is 0.494. The Kier molecular flexibility index (Phi) is 7.07. The number of rotatable bonds is 7. The Balaban J connectivity index is 4.54. The number of carbonyl (C=O) groups is 1. The van der Waals surface area contributed by atoms with E-state index in [4.69, 9.17) is 8.85 Å². The van der Waals surface area contributed by atoms with E-state index in [1.807, 2.05) is 0 Å². The Morgan fingerprint density at radius 1 is 0.810 bits per heavy atom. The lowest BCUT2D eigenvalue weighted by molar-refractivity contribution is -0.113. The van der Waals surface area contributed by atoms with Crippen LogP contribution in [0.4, 0.5) is 0 Å². The van der Waals surface area contributed by atoms with E-state index < -0.39 is 16.6 Å². The van der Waals surface area contributed by atoms with Crippen molar-refractivity contribution in [3.05, 3.63) is 0 Å². The molecule has 0 aromatic carbocycles. The van der Waals surface area contributed by atoms with E-state index in [0.717, 1.165) is 6.29 Å². The number of aldehydes is 1. The van der Waals surface area contributed by atoms with Gasteiger partial charge in [-0.2, -0.15) is 0 Å². The molecule has 0 atom stereocenters. The highest BCUT2D eigenvalue weighted by Crippen LogP contribution is 2.38. The number of hydrogen-bond donors (Lipinski definition) is 0. The lowest BCUT2D eigenvalue weighted by Gasteiger charge is -2.38. The first-order valence-electron chi connectivity index (χ1n) is 7.87. The summed E-state index contributed by atoms with van der Waals surface area (Å²) in [5.41, 5.74) is 0. The predicted octanol–water partition coefficient (Wildman–Crippen LogP) is 4.85. The van der Waals surface area contributed by atoms with Crippen molar-refractivity contribution in [2.45, 2.75) is 77.8 Å². The zero-order valence-corrected chi connectivity index (χ0v) is 17.8. The van der Waals surface area contributed by atoms with Gasteiger partial charge in [-0.3, -0.25) is 0 Å². The van der Waals surface area contributed by atoms with Crippen molar-refractivity contribution in [2.24, 2.45) is 5.92 Å². The summed E-state index contributed by atoms with van der Waals surface area (Å²) in [5, 5.41) is 0.335. The Morgan fingerprint density at radius 2 is 1.10 bits per heavy atom. The predicted molar refractivity (Wildman–Crippen MR) is 95.9 cm³/mol. The summed E-state index contributed by atoms with van der Waals surface area (Å²) in [6.07, 6.45) is 0.986. The van der Waals surface area contributed by atoms with Gasteiger partial charge in [0.1, 0.15) is 6.29 Å². The number of hydrogen-bond acceptors (Lipinski definition) is 3. The maximum absolute atomic E-state index is 11.3. The van der Waals surface area contributed by atoms with Crippen molar-refractivity contribution in [1.82, 2.24) is 0 Å². The molecular formula is C16H36O3Si2. The van der Waals surface area contributed by atoms with Crippen LogP contribution in [0.3, 0.4) is 0 Å². The van der Waals surface area contributed by atoms with Gasteiger partial charge >= 0.3 is 0 Å². The highest BCUT2D eigenvalue weighted by Gasteiger charge is 2.39. The van der Waals surface area contributed by atoms with Crippen molar-refractivity contribution in [1.29, 1.82) is 0 Å². The smallest absolute Gasteiger partial charge is 0.192 e. The molecule has 21 heavy (non-hydrogen) atoms. The zero-order valence-electron chi connectivity index (χ0n) is 15.8. The first-order valence-corrected chi connectivity index (χ1v) is 13.7. The Labute approximate surface area is 134 Å². The summed E-state index contributed by atoms with van der Waals surface area (Å²) >= 11 is 0. The van der Waals surface area contributed by atoms with E-state index in [0.29, 0.717) is 13.2 Å². The average Bonchev–Trinajstić information content (AvgIpc) is 2.26. The van der Waals surface area contributed by atoms with E-state index in [2.05, 4.69) is 67.7 Å². The van der Waals surface area contributed by atoms with Crippen LogP contribution in [0.2, 0.25) is 36.3 Å². The normalized spacial score (nSPS) is 14.6. The fraction of sp³-hybridized carbons (Fsp3) is 0.938. The average molecular weight is 333 g/mol. The van der Waals surface area contributed by atoms with Crippen LogP contribution < -0.4 is 0 Å². The van der Waals surface area contributed by atoms with Gasteiger partial charge in [-0.05, 0) is 36.3 Å². The van der Waals surface area contributed by atoms with E-state index in [1.54, 1.807) is 0 Å². The van der Waals surface area contributed by atoms with Gasteiger partial charge in [-0.15, -0.1) is 0 Å². The van der Waals surface area contributed by atoms with Crippen molar-refractivity contribution in [3.63, 3.8) is 0 Å². The van der Waals surface area contributed by atoms with Gasteiger partial charge in [0.05, 0.1) is 5.92 Å². The minimum absolute atomic E-state index is 0.159. The van der Waals surface area contributed by atoms with Gasteiger partial charge < -0.3 is 13.6 Å². The highest BCUT2D eigenvalue weighted by molar-refractivity contribution is 6.74. The van der Waals surface area contributed by atoms with Crippen molar-refractivity contribution in [2.75, 3.05) is 13.2 Å². The molecule has 0 aliphatic rings. The van der Waals surface area contributed by atoms with Crippen LogP contribution in [0.25, 0.3) is 0 Å². The van der Waals surface area contributed by atoms with E-state index in [-0.39, 0.29) is 16.0 Å². The third-order valence-corrected chi connectivity index (χ3v) is 14.1. The molecule has 3 nitrogen and oxygen atoms in total. The molecule has 0 N–H and O–H groups in total. The maximum Gasteiger partial charge on any atom is 0.192 e. The van der Waals surface area contributed by atoms with Crippen LogP contribution in [0.1, 0.15) is 41.5 Å². The Morgan fingerprint density at radius 3 is 1.29 bits per heavy atom. The molecule has 0 unspecified atom stereocenters. The molecule has 0 heterocycles. The molecule has 0 spiro atoms. The Hall–Kier alpha value is 0.0238. The molecule has 0 amide bonds. The topological polar surface area (TPSA) is 35.5 Å². The van der Waals surface area contributed by atoms with Crippen molar-refractivity contribution >= 4 is 22.9 Å². The summed E-state index contributed by atoms with van der Waals surface area (Å²) in [6, 6.07) is 0. The monoisotopic (exact) mass is 332 g/mol. The fourth-order valence-electron chi connectivity index (χ4n) is 1.19. The van der Waals surface area contributed by atoms with Gasteiger partial charge in [0, 0.05) is 13.2 Å². The highest BCUT2D eigenvalue weighted by atomic mass is 28.4. The number of carbonyl (C=O) groups excluding carboxylic acids is 1. The molecule has 0 aromatic heterocycles.